The van der Waals surface area contributed by atoms with E-state index in [4.69, 9.17) is 5.11 Å². The van der Waals surface area contributed by atoms with Crippen LogP contribution in [0.4, 0.5) is 0 Å². The summed E-state index contributed by atoms with van der Waals surface area (Å²) in [5, 5.41) is 16.6. The molecule has 0 aliphatic rings. The van der Waals surface area contributed by atoms with Crippen LogP contribution in [0.3, 0.4) is 0 Å². The Hall–Kier alpha value is -0.870. The molecule has 0 radical (unpaired) electrons. The minimum Gasteiger partial charge on any atom is -0.392 e. The number of aliphatic hydroxyl groups excluding tert-OH is 1. The molecule has 1 rings (SSSR count). The van der Waals surface area contributed by atoms with E-state index >= 15 is 0 Å². The van der Waals surface area contributed by atoms with Crippen LogP contribution in [-0.4, -0.2) is 27.5 Å². The first-order valence-electron chi connectivity index (χ1n) is 4.90. The average Bonchev–Trinajstić information content (AvgIpc) is 2.31. The Morgan fingerprint density at radius 1 is 1.50 bits per heavy atom. The van der Waals surface area contributed by atoms with Gasteiger partial charge in [-0.3, -0.25) is 4.68 Å². The molecular weight excluding hydrogens is 178 g/mol. The van der Waals surface area contributed by atoms with Gasteiger partial charge in [0.25, 0.3) is 0 Å². The molecule has 0 spiro atoms. The van der Waals surface area contributed by atoms with Gasteiger partial charge >= 0.3 is 0 Å². The molecule has 14 heavy (non-hydrogen) atoms. The van der Waals surface area contributed by atoms with E-state index in [0.717, 1.165) is 12.2 Å². The Kier molecular flexibility index (Phi) is 3.66. The second-order valence-corrected chi connectivity index (χ2v) is 3.75. The predicted molar refractivity (Wildman–Crippen MR) is 56.1 cm³/mol. The molecule has 0 fully saturated rings. The quantitative estimate of drug-likeness (QED) is 0.739. The second kappa shape index (κ2) is 4.57. The lowest BCUT2D eigenvalue weighted by molar-refractivity contribution is 0.191. The van der Waals surface area contributed by atoms with E-state index in [0.29, 0.717) is 6.54 Å². The number of aromatic nitrogens is 2. The zero-order chi connectivity index (χ0) is 10.7. The summed E-state index contributed by atoms with van der Waals surface area (Å²) in [5.41, 5.74) is 3.47. The van der Waals surface area contributed by atoms with Gasteiger partial charge in [0.05, 0.1) is 11.8 Å². The highest BCUT2D eigenvalue weighted by molar-refractivity contribution is 5.23. The predicted octanol–water partition coefficient (Wildman–Crippen LogP) is 0.507. The van der Waals surface area contributed by atoms with Crippen molar-refractivity contribution >= 4 is 0 Å². The highest BCUT2D eigenvalue weighted by Crippen LogP contribution is 2.10. The number of nitrogens with one attached hydrogen (secondary N) is 1. The molecule has 0 unspecified atom stereocenters. The summed E-state index contributed by atoms with van der Waals surface area (Å²) in [6.07, 6.45) is -0.299. The highest BCUT2D eigenvalue weighted by atomic mass is 16.3. The third kappa shape index (κ3) is 2.56. The fourth-order valence-corrected chi connectivity index (χ4v) is 1.48. The van der Waals surface area contributed by atoms with Gasteiger partial charge in [0.1, 0.15) is 0 Å². The summed E-state index contributed by atoms with van der Waals surface area (Å²) in [4.78, 5) is 0. The fraction of sp³-hybridized carbons (Fsp3) is 0.700. The van der Waals surface area contributed by atoms with Gasteiger partial charge in [0, 0.05) is 31.4 Å². The first-order chi connectivity index (χ1) is 6.52. The second-order valence-electron chi connectivity index (χ2n) is 3.75. The van der Waals surface area contributed by atoms with Crippen molar-refractivity contribution in [3.8, 4) is 0 Å². The van der Waals surface area contributed by atoms with Gasteiger partial charge in [-0.05, 0) is 20.8 Å². The van der Waals surface area contributed by atoms with E-state index in [-0.39, 0.29) is 6.10 Å². The van der Waals surface area contributed by atoms with Crippen LogP contribution in [0.2, 0.25) is 0 Å². The molecule has 1 aromatic rings. The first kappa shape index (κ1) is 11.2. The standard InChI is InChI=1S/C10H19N3O/c1-7(14)5-11-6-10-8(2)12-13(4)9(10)3/h7,11,14H,5-6H2,1-4H3/t7-/m0/s1. The highest BCUT2D eigenvalue weighted by Gasteiger charge is 2.08. The number of aliphatic hydroxyl groups is 1. The molecule has 2 N–H and O–H groups in total. The van der Waals surface area contributed by atoms with Crippen molar-refractivity contribution in [3.05, 3.63) is 17.0 Å². The van der Waals surface area contributed by atoms with Crippen molar-refractivity contribution in [2.45, 2.75) is 33.4 Å². The van der Waals surface area contributed by atoms with Crippen molar-refractivity contribution in [2.24, 2.45) is 7.05 Å². The lowest BCUT2D eigenvalue weighted by Crippen LogP contribution is -2.24. The summed E-state index contributed by atoms with van der Waals surface area (Å²) < 4.78 is 1.88. The lowest BCUT2D eigenvalue weighted by Gasteiger charge is -2.06. The van der Waals surface area contributed by atoms with Crippen LogP contribution in [0, 0.1) is 13.8 Å². The Labute approximate surface area is 84.9 Å². The molecule has 0 aliphatic carbocycles. The van der Waals surface area contributed by atoms with Crippen LogP contribution in [0.1, 0.15) is 23.9 Å². The Balaban J connectivity index is 2.58. The molecule has 0 saturated heterocycles. The van der Waals surface area contributed by atoms with E-state index in [9.17, 15) is 0 Å². The molecule has 0 bridgehead atoms. The van der Waals surface area contributed by atoms with Gasteiger partial charge in [-0.1, -0.05) is 0 Å². The molecule has 4 heteroatoms. The van der Waals surface area contributed by atoms with Gasteiger partial charge in [-0.25, -0.2) is 0 Å². The number of rotatable bonds is 4. The Bertz CT molecular complexity index is 305. The maximum Gasteiger partial charge on any atom is 0.0641 e. The Morgan fingerprint density at radius 3 is 2.57 bits per heavy atom. The van der Waals surface area contributed by atoms with Crippen LogP contribution in [0.15, 0.2) is 0 Å². The van der Waals surface area contributed by atoms with E-state index in [2.05, 4.69) is 17.3 Å². The molecule has 1 atom stereocenters. The summed E-state index contributed by atoms with van der Waals surface area (Å²) in [5.74, 6) is 0. The third-order valence-corrected chi connectivity index (χ3v) is 2.40. The Morgan fingerprint density at radius 2 is 2.14 bits per heavy atom. The largest absolute Gasteiger partial charge is 0.392 e. The number of hydrogen-bond acceptors (Lipinski definition) is 3. The maximum absolute atomic E-state index is 9.09. The molecule has 0 amide bonds. The normalized spacial score (nSPS) is 13.2. The first-order valence-corrected chi connectivity index (χ1v) is 4.90. The molecule has 0 saturated carbocycles. The minimum absolute atomic E-state index is 0.299. The maximum atomic E-state index is 9.09. The summed E-state index contributed by atoms with van der Waals surface area (Å²) in [6, 6.07) is 0. The van der Waals surface area contributed by atoms with Crippen molar-refractivity contribution in [1.82, 2.24) is 15.1 Å². The minimum atomic E-state index is -0.299. The fourth-order valence-electron chi connectivity index (χ4n) is 1.48. The zero-order valence-corrected chi connectivity index (χ0v) is 9.33. The van der Waals surface area contributed by atoms with Crippen LogP contribution < -0.4 is 5.32 Å². The molecule has 1 heterocycles. The molecule has 1 aromatic heterocycles. The zero-order valence-electron chi connectivity index (χ0n) is 9.33. The van der Waals surface area contributed by atoms with E-state index in [1.807, 2.05) is 18.7 Å². The molecule has 80 valence electrons. The van der Waals surface area contributed by atoms with Crippen LogP contribution in [0.5, 0.6) is 0 Å². The molecule has 0 aliphatic heterocycles. The van der Waals surface area contributed by atoms with Crippen molar-refractivity contribution < 1.29 is 5.11 Å². The van der Waals surface area contributed by atoms with Crippen LogP contribution in [-0.2, 0) is 13.6 Å². The van der Waals surface area contributed by atoms with Crippen LogP contribution >= 0.6 is 0 Å². The molecular formula is C10H19N3O. The number of hydrogen-bond donors (Lipinski definition) is 2. The van der Waals surface area contributed by atoms with Crippen LogP contribution in [0.25, 0.3) is 0 Å². The third-order valence-electron chi connectivity index (χ3n) is 2.40. The SMILES string of the molecule is Cc1nn(C)c(C)c1CNC[C@H](C)O. The smallest absolute Gasteiger partial charge is 0.0641 e. The van der Waals surface area contributed by atoms with Crippen molar-refractivity contribution in [1.29, 1.82) is 0 Å². The van der Waals surface area contributed by atoms with E-state index in [1.165, 1.54) is 11.3 Å². The van der Waals surface area contributed by atoms with Gasteiger partial charge in [-0.15, -0.1) is 0 Å². The van der Waals surface area contributed by atoms with Crippen molar-refractivity contribution in [2.75, 3.05) is 6.54 Å². The monoisotopic (exact) mass is 197 g/mol. The summed E-state index contributed by atoms with van der Waals surface area (Å²) in [7, 11) is 1.94. The van der Waals surface area contributed by atoms with Gasteiger partial charge in [0.2, 0.25) is 0 Å². The van der Waals surface area contributed by atoms with Gasteiger partial charge < -0.3 is 10.4 Å². The summed E-state index contributed by atoms with van der Waals surface area (Å²) >= 11 is 0. The topological polar surface area (TPSA) is 50.1 Å². The number of nitrogens with zero attached hydrogens (tertiary/aromatic N) is 2. The van der Waals surface area contributed by atoms with Gasteiger partial charge in [-0.2, -0.15) is 5.10 Å². The van der Waals surface area contributed by atoms with E-state index in [1.54, 1.807) is 6.92 Å². The number of aryl methyl sites for hydroxylation is 2. The lowest BCUT2D eigenvalue weighted by atomic mass is 10.2. The van der Waals surface area contributed by atoms with Crippen molar-refractivity contribution in [3.63, 3.8) is 0 Å². The molecule has 4 nitrogen and oxygen atoms in total. The average molecular weight is 197 g/mol. The van der Waals surface area contributed by atoms with E-state index < -0.39 is 0 Å². The van der Waals surface area contributed by atoms with Gasteiger partial charge in [0.15, 0.2) is 0 Å². The molecule has 0 aromatic carbocycles. The summed E-state index contributed by atoms with van der Waals surface area (Å²) in [6.45, 7) is 7.23.